The van der Waals surface area contributed by atoms with Crippen LogP contribution in [0.2, 0.25) is 0 Å². The summed E-state index contributed by atoms with van der Waals surface area (Å²) in [6.07, 6.45) is 3.29. The molecule has 4 rings (SSSR count). The number of halogens is 1. The Labute approximate surface area is 193 Å². The Morgan fingerprint density at radius 2 is 1.78 bits per heavy atom. The molecule has 0 aliphatic carbocycles. The first-order valence-corrected chi connectivity index (χ1v) is 11.3. The third-order valence-electron chi connectivity index (χ3n) is 5.75. The van der Waals surface area contributed by atoms with E-state index in [2.05, 4.69) is 22.3 Å². The molecular weight excluding hydrogens is 423 g/mol. The van der Waals surface area contributed by atoms with E-state index in [1.165, 1.54) is 17.7 Å². The highest BCUT2D eigenvalue weighted by Crippen LogP contribution is 2.37. The summed E-state index contributed by atoms with van der Waals surface area (Å²) in [4.78, 5) is 6.81. The van der Waals surface area contributed by atoms with Crippen molar-refractivity contribution in [2.24, 2.45) is 0 Å². The summed E-state index contributed by atoms with van der Waals surface area (Å²) in [5.74, 6) is 0.682. The van der Waals surface area contributed by atoms with Gasteiger partial charge >= 0.3 is 0 Å². The number of unbranched alkanes of at least 4 members (excludes halogenated alkanes) is 2. The second-order valence-corrected chi connectivity index (χ2v) is 8.47. The Bertz CT molecular complexity index is 1120. The van der Waals surface area contributed by atoms with Crippen molar-refractivity contribution in [1.82, 2.24) is 20.4 Å². The molecule has 0 amide bonds. The van der Waals surface area contributed by atoms with E-state index in [1.54, 1.807) is 12.1 Å². The summed E-state index contributed by atoms with van der Waals surface area (Å²) in [5, 5.41) is 8.29. The van der Waals surface area contributed by atoms with Crippen molar-refractivity contribution in [3.63, 3.8) is 0 Å². The lowest BCUT2D eigenvalue weighted by molar-refractivity contribution is 0.395. The zero-order chi connectivity index (χ0) is 22.7. The first-order chi connectivity index (χ1) is 15.5. The minimum atomic E-state index is -0.308. The number of allylic oxidation sites excluding steroid dienone is 1. The second kappa shape index (κ2) is 9.61. The molecule has 5 nitrogen and oxygen atoms in total. The maximum Gasteiger partial charge on any atom is 0.258 e. The van der Waals surface area contributed by atoms with Crippen LogP contribution in [-0.2, 0) is 0 Å². The maximum atomic E-state index is 13.6. The van der Waals surface area contributed by atoms with Crippen LogP contribution in [-0.4, -0.2) is 26.7 Å². The van der Waals surface area contributed by atoms with Crippen molar-refractivity contribution in [3.05, 3.63) is 77.1 Å². The Morgan fingerprint density at radius 3 is 2.47 bits per heavy atom. The van der Waals surface area contributed by atoms with E-state index < -0.39 is 0 Å². The van der Waals surface area contributed by atoms with Gasteiger partial charge in [-0.15, -0.1) is 0 Å². The molecule has 0 spiro atoms. The second-order valence-electron chi connectivity index (χ2n) is 8.08. The molecule has 0 fully saturated rings. The van der Waals surface area contributed by atoms with E-state index in [4.69, 9.17) is 21.7 Å². The van der Waals surface area contributed by atoms with Crippen LogP contribution < -0.4 is 5.32 Å². The topological polar surface area (TPSA) is 54.2 Å². The van der Waals surface area contributed by atoms with Gasteiger partial charge in [-0.05, 0) is 50.2 Å². The zero-order valence-corrected chi connectivity index (χ0v) is 19.4. The summed E-state index contributed by atoms with van der Waals surface area (Å²) in [5.41, 5.74) is 4.76. The molecule has 3 aromatic rings. The fourth-order valence-corrected chi connectivity index (χ4v) is 4.25. The first-order valence-electron chi connectivity index (χ1n) is 10.9. The van der Waals surface area contributed by atoms with Crippen LogP contribution in [0, 0.1) is 12.7 Å². The molecular formula is C25H27FN4OS. The van der Waals surface area contributed by atoms with Crippen molar-refractivity contribution in [2.45, 2.75) is 46.1 Å². The summed E-state index contributed by atoms with van der Waals surface area (Å²) in [6, 6.07) is 14.1. The quantitative estimate of drug-likeness (QED) is 0.350. The normalized spacial score (nSPS) is 16.4. The van der Waals surface area contributed by atoms with Crippen LogP contribution in [0.3, 0.4) is 0 Å². The van der Waals surface area contributed by atoms with Crippen molar-refractivity contribution >= 4 is 22.9 Å². The molecule has 0 saturated carbocycles. The molecule has 1 atom stereocenters. The van der Waals surface area contributed by atoms with Gasteiger partial charge in [0.2, 0.25) is 5.82 Å². The van der Waals surface area contributed by atoms with Crippen LogP contribution in [0.4, 0.5) is 4.39 Å². The van der Waals surface area contributed by atoms with E-state index >= 15 is 0 Å². The smallest absolute Gasteiger partial charge is 0.258 e. The molecule has 1 N–H and O–H groups in total. The molecule has 0 radical (unpaired) electrons. The molecule has 2 aromatic carbocycles. The Kier molecular flexibility index (Phi) is 6.65. The molecule has 1 aliphatic heterocycles. The SMILES string of the molecule is CCCCCN1C(=S)NC(c2ccc(F)cc2)C(c2nc(-c3ccc(C)cc3)no2)=C1C. The summed E-state index contributed by atoms with van der Waals surface area (Å²) in [6.45, 7) is 7.05. The van der Waals surface area contributed by atoms with Gasteiger partial charge in [-0.2, -0.15) is 4.98 Å². The van der Waals surface area contributed by atoms with Gasteiger partial charge in [0.05, 0.1) is 11.6 Å². The average Bonchev–Trinajstić information content (AvgIpc) is 3.26. The number of benzene rings is 2. The van der Waals surface area contributed by atoms with Crippen molar-refractivity contribution in [2.75, 3.05) is 6.54 Å². The van der Waals surface area contributed by atoms with Crippen molar-refractivity contribution in [1.29, 1.82) is 0 Å². The van der Waals surface area contributed by atoms with Crippen molar-refractivity contribution < 1.29 is 8.91 Å². The van der Waals surface area contributed by atoms with E-state index in [1.807, 2.05) is 38.1 Å². The Morgan fingerprint density at radius 1 is 1.06 bits per heavy atom. The maximum absolute atomic E-state index is 13.6. The molecule has 166 valence electrons. The molecule has 0 bridgehead atoms. The number of aromatic nitrogens is 2. The molecule has 1 aromatic heterocycles. The van der Waals surface area contributed by atoms with Gasteiger partial charge in [0.15, 0.2) is 5.11 Å². The largest absolute Gasteiger partial charge is 0.351 e. The highest BCUT2D eigenvalue weighted by Gasteiger charge is 2.33. The standard InChI is InChI=1S/C25H27FN4OS/c1-4-5-6-15-30-17(3)21(22(27-25(30)32)18-11-13-20(26)14-12-18)24-28-23(29-31-24)19-9-7-16(2)8-10-19/h7-14,22H,4-6,15H2,1-3H3,(H,27,32). The number of hydrogen-bond acceptors (Lipinski definition) is 4. The van der Waals surface area contributed by atoms with Crippen LogP contribution in [0.15, 0.2) is 58.8 Å². The van der Waals surface area contributed by atoms with Gasteiger partial charge in [-0.25, -0.2) is 4.39 Å². The predicted octanol–water partition coefficient (Wildman–Crippen LogP) is 6.04. The Balaban J connectivity index is 1.76. The summed E-state index contributed by atoms with van der Waals surface area (Å²) >= 11 is 5.69. The monoisotopic (exact) mass is 450 g/mol. The predicted molar refractivity (Wildman–Crippen MR) is 128 cm³/mol. The molecule has 7 heteroatoms. The van der Waals surface area contributed by atoms with Gasteiger partial charge in [-0.3, -0.25) is 0 Å². The number of thiocarbonyl (C=S) groups is 1. The van der Waals surface area contributed by atoms with Crippen LogP contribution >= 0.6 is 12.2 Å². The van der Waals surface area contributed by atoms with Crippen LogP contribution in [0.5, 0.6) is 0 Å². The van der Waals surface area contributed by atoms with E-state index in [0.29, 0.717) is 16.8 Å². The molecule has 0 saturated heterocycles. The fourth-order valence-electron chi connectivity index (χ4n) is 3.91. The van der Waals surface area contributed by atoms with Crippen LogP contribution in [0.25, 0.3) is 17.0 Å². The lowest BCUT2D eigenvalue weighted by Crippen LogP contribution is -2.46. The number of hydrogen-bond donors (Lipinski definition) is 1. The first kappa shape index (κ1) is 22.1. The average molecular weight is 451 g/mol. The van der Waals surface area contributed by atoms with Crippen LogP contribution in [0.1, 0.15) is 56.2 Å². The molecule has 1 unspecified atom stereocenters. The summed E-state index contributed by atoms with van der Waals surface area (Å²) in [7, 11) is 0. The lowest BCUT2D eigenvalue weighted by atomic mass is 9.94. The number of nitrogens with zero attached hydrogens (tertiary/aromatic N) is 3. The third-order valence-corrected chi connectivity index (χ3v) is 6.09. The van der Waals surface area contributed by atoms with E-state index in [0.717, 1.165) is 48.2 Å². The highest BCUT2D eigenvalue weighted by atomic mass is 32.1. The molecule has 1 aliphatic rings. The van der Waals surface area contributed by atoms with Gasteiger partial charge < -0.3 is 14.7 Å². The minimum absolute atomic E-state index is 0.282. The highest BCUT2D eigenvalue weighted by molar-refractivity contribution is 7.80. The van der Waals surface area contributed by atoms with Gasteiger partial charge in [0.1, 0.15) is 5.82 Å². The van der Waals surface area contributed by atoms with E-state index in [9.17, 15) is 4.39 Å². The fraction of sp³-hybridized carbons (Fsp3) is 0.320. The van der Waals surface area contributed by atoms with Gasteiger partial charge in [0.25, 0.3) is 5.89 Å². The van der Waals surface area contributed by atoms with Crippen molar-refractivity contribution in [3.8, 4) is 11.4 Å². The van der Waals surface area contributed by atoms with Gasteiger partial charge in [-0.1, -0.05) is 66.9 Å². The molecule has 2 heterocycles. The summed E-state index contributed by atoms with van der Waals surface area (Å²) < 4.78 is 19.3. The van der Waals surface area contributed by atoms with E-state index in [-0.39, 0.29) is 11.9 Å². The number of aryl methyl sites for hydroxylation is 1. The molecule has 32 heavy (non-hydrogen) atoms. The van der Waals surface area contributed by atoms with Gasteiger partial charge in [0, 0.05) is 17.8 Å². The zero-order valence-electron chi connectivity index (χ0n) is 18.6. The number of nitrogens with one attached hydrogen (secondary N) is 1. The minimum Gasteiger partial charge on any atom is -0.351 e. The Hall–Kier alpha value is -3.06. The third kappa shape index (κ3) is 4.58. The number of rotatable bonds is 7. The lowest BCUT2D eigenvalue weighted by Gasteiger charge is -2.37.